The van der Waals surface area contributed by atoms with Crippen molar-refractivity contribution in [1.82, 2.24) is 0 Å². The van der Waals surface area contributed by atoms with Gasteiger partial charge in [-0.05, 0) is 24.1 Å². The van der Waals surface area contributed by atoms with Crippen LogP contribution >= 0.6 is 0 Å². The van der Waals surface area contributed by atoms with Crippen LogP contribution in [0.3, 0.4) is 0 Å². The lowest BCUT2D eigenvalue weighted by Gasteiger charge is -2.39. The molecule has 0 bridgehead atoms. The summed E-state index contributed by atoms with van der Waals surface area (Å²) in [5, 5.41) is 40.7. The maximum absolute atomic E-state index is 13.2. The summed E-state index contributed by atoms with van der Waals surface area (Å²) in [6, 6.07) is 14.4. The zero-order valence-corrected chi connectivity index (χ0v) is 24.0. The minimum atomic E-state index is -1.72. The number of aliphatic hydroxyl groups is 4. The summed E-state index contributed by atoms with van der Waals surface area (Å²) in [6.45, 7) is 2.21. The average Bonchev–Trinajstić information content (AvgIpc) is 3.00. The van der Waals surface area contributed by atoms with Crippen molar-refractivity contribution in [3.63, 3.8) is 0 Å². The molecule has 1 aromatic heterocycles. The van der Waals surface area contributed by atoms with Crippen molar-refractivity contribution in [3.05, 3.63) is 64.5 Å². The average molecular weight is 587 g/mol. The number of rotatable bonds is 16. The number of benzene rings is 2. The molecule has 0 saturated carbocycles. The van der Waals surface area contributed by atoms with E-state index in [1.54, 1.807) is 18.2 Å². The summed E-state index contributed by atoms with van der Waals surface area (Å²) in [5.74, 6) is 0.220. The highest BCUT2D eigenvalue weighted by Gasteiger charge is 2.45. The number of unbranched alkanes of at least 4 members (excludes halogenated alkanes) is 7. The van der Waals surface area contributed by atoms with Gasteiger partial charge < -0.3 is 43.8 Å². The predicted octanol–water partition coefficient (Wildman–Crippen LogP) is 4.07. The van der Waals surface area contributed by atoms with Crippen molar-refractivity contribution in [2.45, 2.75) is 95.6 Å². The van der Waals surface area contributed by atoms with E-state index in [4.69, 9.17) is 23.4 Å². The molecule has 230 valence electrons. The molecule has 2 heterocycles. The smallest absolute Gasteiger partial charge is 0.383 e. The fourth-order valence-corrected chi connectivity index (χ4v) is 4.91. The van der Waals surface area contributed by atoms with Crippen LogP contribution in [0.4, 0.5) is 0 Å². The first-order valence-electron chi connectivity index (χ1n) is 14.8. The van der Waals surface area contributed by atoms with Crippen LogP contribution in [0.5, 0.6) is 17.2 Å². The topological polar surface area (TPSA) is 148 Å². The maximum atomic E-state index is 13.2. The van der Waals surface area contributed by atoms with Crippen molar-refractivity contribution in [1.29, 1.82) is 0 Å². The Balaban J connectivity index is 1.51. The molecule has 42 heavy (non-hydrogen) atoms. The number of fused-ring (bicyclic) bond motifs is 1. The standard InChI is InChI=1S/C32H42O10/c1-2-3-4-5-6-7-8-12-17-38-22-15-16-23-24(18-22)40-31(37)30(29(23)39-20-21-13-10-9-11-14-21)42-32-28(36)27(35)26(34)25(19-33)41-32/h9-11,13-16,18,25-28,32-36H,2-8,12,17,19-20H2,1H3/t25-,26-,27+,28+,32+/m1/s1. The fraction of sp³-hybridized carbons (Fsp3) is 0.531. The molecule has 0 aliphatic carbocycles. The lowest BCUT2D eigenvalue weighted by atomic mass is 9.99. The number of hydrogen-bond acceptors (Lipinski definition) is 10. The zero-order chi connectivity index (χ0) is 29.9. The van der Waals surface area contributed by atoms with Gasteiger partial charge in [-0.25, -0.2) is 4.79 Å². The molecule has 1 saturated heterocycles. The van der Waals surface area contributed by atoms with Gasteiger partial charge in [0.15, 0.2) is 5.75 Å². The monoisotopic (exact) mass is 586 g/mol. The molecule has 4 N–H and O–H groups in total. The van der Waals surface area contributed by atoms with E-state index in [0.717, 1.165) is 18.4 Å². The van der Waals surface area contributed by atoms with Gasteiger partial charge >= 0.3 is 5.63 Å². The molecule has 1 aliphatic rings. The third kappa shape index (κ3) is 8.23. The normalized spacial score (nSPS) is 22.3. The van der Waals surface area contributed by atoms with E-state index in [1.807, 2.05) is 30.3 Å². The first-order chi connectivity index (χ1) is 20.4. The Morgan fingerprint density at radius 1 is 0.810 bits per heavy atom. The second-order valence-corrected chi connectivity index (χ2v) is 10.6. The number of aliphatic hydroxyl groups excluding tert-OH is 4. The van der Waals surface area contributed by atoms with Gasteiger partial charge in [-0.2, -0.15) is 0 Å². The van der Waals surface area contributed by atoms with Crippen molar-refractivity contribution in [3.8, 4) is 17.2 Å². The fourth-order valence-electron chi connectivity index (χ4n) is 4.91. The van der Waals surface area contributed by atoms with Gasteiger partial charge in [0.05, 0.1) is 18.6 Å². The Morgan fingerprint density at radius 2 is 1.52 bits per heavy atom. The van der Waals surface area contributed by atoms with E-state index in [2.05, 4.69) is 6.92 Å². The van der Waals surface area contributed by atoms with Crippen LogP contribution in [-0.4, -0.2) is 64.3 Å². The molecule has 0 spiro atoms. The molecule has 1 fully saturated rings. The van der Waals surface area contributed by atoms with Crippen LogP contribution in [0, 0.1) is 0 Å². The van der Waals surface area contributed by atoms with E-state index >= 15 is 0 Å². The molecule has 0 radical (unpaired) electrons. The molecule has 10 heteroatoms. The van der Waals surface area contributed by atoms with Crippen LogP contribution < -0.4 is 19.8 Å². The summed E-state index contributed by atoms with van der Waals surface area (Å²) in [7, 11) is 0. The van der Waals surface area contributed by atoms with E-state index in [0.29, 0.717) is 17.7 Å². The van der Waals surface area contributed by atoms with E-state index in [1.165, 1.54) is 38.5 Å². The first-order valence-corrected chi connectivity index (χ1v) is 14.8. The zero-order valence-electron chi connectivity index (χ0n) is 24.0. The molecule has 0 amide bonds. The molecule has 10 nitrogen and oxygen atoms in total. The lowest BCUT2D eigenvalue weighted by Crippen LogP contribution is -2.60. The van der Waals surface area contributed by atoms with Gasteiger partial charge in [0.1, 0.15) is 42.4 Å². The Labute approximate surface area is 245 Å². The summed E-state index contributed by atoms with van der Waals surface area (Å²) in [5.41, 5.74) is 0.156. The quantitative estimate of drug-likeness (QED) is 0.143. The maximum Gasteiger partial charge on any atom is 0.383 e. The molecule has 1 aliphatic heterocycles. The molecular formula is C32H42O10. The van der Waals surface area contributed by atoms with Crippen molar-refractivity contribution in [2.24, 2.45) is 0 Å². The summed E-state index contributed by atoms with van der Waals surface area (Å²) in [4.78, 5) is 13.2. The highest BCUT2D eigenvalue weighted by molar-refractivity contribution is 5.86. The van der Waals surface area contributed by atoms with E-state index < -0.39 is 42.9 Å². The second-order valence-electron chi connectivity index (χ2n) is 10.6. The Morgan fingerprint density at radius 3 is 2.24 bits per heavy atom. The molecule has 0 unspecified atom stereocenters. The van der Waals surface area contributed by atoms with Crippen LogP contribution in [0.1, 0.15) is 63.9 Å². The highest BCUT2D eigenvalue weighted by Crippen LogP contribution is 2.37. The van der Waals surface area contributed by atoms with Crippen LogP contribution in [0.25, 0.3) is 11.0 Å². The Bertz CT molecular complexity index is 1290. The van der Waals surface area contributed by atoms with Gasteiger partial charge in [0, 0.05) is 6.07 Å². The first kappa shape index (κ1) is 31.8. The van der Waals surface area contributed by atoms with Gasteiger partial charge in [0.2, 0.25) is 6.29 Å². The number of ether oxygens (including phenoxy) is 4. The summed E-state index contributed by atoms with van der Waals surface area (Å²) >= 11 is 0. The minimum Gasteiger partial charge on any atom is -0.493 e. The SMILES string of the molecule is CCCCCCCCCCOc1ccc2c(OCc3ccccc3)c(O[C@@H]3O[C@H](CO)[C@@H](O)[C@H](O)[C@@H]3O)c(=O)oc2c1. The molecule has 4 rings (SSSR count). The molecule has 5 atom stereocenters. The minimum absolute atomic E-state index is 0.0525. The number of hydrogen-bond donors (Lipinski definition) is 4. The molecule has 2 aromatic carbocycles. The van der Waals surface area contributed by atoms with Gasteiger partial charge in [0.25, 0.3) is 5.75 Å². The summed E-state index contributed by atoms with van der Waals surface area (Å²) in [6.07, 6.45) is 1.76. The van der Waals surface area contributed by atoms with Gasteiger partial charge in [-0.1, -0.05) is 82.2 Å². The second kappa shape index (κ2) is 15.9. The van der Waals surface area contributed by atoms with Crippen molar-refractivity contribution < 1.29 is 43.8 Å². The third-order valence-corrected chi connectivity index (χ3v) is 7.37. The molecular weight excluding hydrogens is 544 g/mol. The Kier molecular flexibility index (Phi) is 12.0. The highest BCUT2D eigenvalue weighted by atomic mass is 16.7. The van der Waals surface area contributed by atoms with Crippen LogP contribution in [-0.2, 0) is 11.3 Å². The van der Waals surface area contributed by atoms with E-state index in [-0.39, 0.29) is 23.7 Å². The van der Waals surface area contributed by atoms with Gasteiger partial charge in [-0.3, -0.25) is 0 Å². The van der Waals surface area contributed by atoms with Crippen LogP contribution in [0.2, 0.25) is 0 Å². The largest absolute Gasteiger partial charge is 0.493 e. The Hall–Kier alpha value is -3.15. The van der Waals surface area contributed by atoms with Crippen molar-refractivity contribution in [2.75, 3.05) is 13.2 Å². The summed E-state index contributed by atoms with van der Waals surface area (Å²) < 4.78 is 28.7. The van der Waals surface area contributed by atoms with Crippen molar-refractivity contribution >= 4 is 11.0 Å². The van der Waals surface area contributed by atoms with Gasteiger partial charge in [-0.15, -0.1) is 0 Å². The predicted molar refractivity (Wildman–Crippen MR) is 156 cm³/mol. The van der Waals surface area contributed by atoms with E-state index in [9.17, 15) is 25.2 Å². The molecule has 3 aromatic rings. The van der Waals surface area contributed by atoms with Crippen LogP contribution in [0.15, 0.2) is 57.7 Å². The third-order valence-electron chi connectivity index (χ3n) is 7.37. The lowest BCUT2D eigenvalue weighted by molar-refractivity contribution is -0.278.